The summed E-state index contributed by atoms with van der Waals surface area (Å²) in [6.45, 7) is 2.89. The van der Waals surface area contributed by atoms with Crippen LogP contribution in [0.4, 0.5) is 11.4 Å². The second kappa shape index (κ2) is 9.41. The Kier molecular flexibility index (Phi) is 6.68. The number of aromatic nitrogens is 1. The summed E-state index contributed by atoms with van der Waals surface area (Å²) in [5.74, 6) is -1.71. The molecule has 10 heteroatoms. The third kappa shape index (κ3) is 5.27. The van der Waals surface area contributed by atoms with Crippen molar-refractivity contribution in [2.24, 2.45) is 13.0 Å². The molecule has 0 unspecified atom stereocenters. The molecule has 2 heterocycles. The Morgan fingerprint density at radius 1 is 1.23 bits per heavy atom. The van der Waals surface area contributed by atoms with Gasteiger partial charge in [-0.3, -0.25) is 25.0 Å². The maximum Gasteiger partial charge on any atom is 0.341 e. The van der Waals surface area contributed by atoms with E-state index in [2.05, 4.69) is 12.2 Å². The van der Waals surface area contributed by atoms with E-state index in [1.807, 2.05) is 4.90 Å². The van der Waals surface area contributed by atoms with E-state index in [0.717, 1.165) is 18.9 Å². The van der Waals surface area contributed by atoms with Crippen molar-refractivity contribution in [1.29, 1.82) is 0 Å². The van der Waals surface area contributed by atoms with Crippen LogP contribution in [0.5, 0.6) is 0 Å². The number of esters is 1. The number of benzene rings is 1. The lowest BCUT2D eigenvalue weighted by molar-refractivity contribution is -0.384. The number of nitro benzene ring substituents is 1. The van der Waals surface area contributed by atoms with Crippen molar-refractivity contribution in [1.82, 2.24) is 9.88 Å². The van der Waals surface area contributed by atoms with Crippen LogP contribution in [0.1, 0.15) is 40.6 Å². The standard InChI is InChI=1S/C21H24N4O6/c1-14-7-10-24(11-8-14)17-6-5-15(25(29)30)12-16(17)21(28)31-13-19(26)22-20(27)18-4-3-9-23(18)2/h3-6,9,12,14H,7-8,10-11,13H2,1-2H3,(H,22,26,27). The van der Waals surface area contributed by atoms with Crippen molar-refractivity contribution in [3.05, 3.63) is 57.9 Å². The number of imide groups is 1. The molecule has 1 aliphatic rings. The Labute approximate surface area is 178 Å². The first-order valence-electron chi connectivity index (χ1n) is 9.92. The zero-order valence-corrected chi connectivity index (χ0v) is 17.4. The van der Waals surface area contributed by atoms with Crippen LogP contribution in [0.25, 0.3) is 0 Å². The van der Waals surface area contributed by atoms with Gasteiger partial charge in [-0.1, -0.05) is 6.92 Å². The SMILES string of the molecule is CC1CCN(c2ccc([N+](=O)[O-])cc2C(=O)OCC(=O)NC(=O)c2cccn2C)CC1. The summed E-state index contributed by atoms with van der Waals surface area (Å²) < 4.78 is 6.61. The van der Waals surface area contributed by atoms with Gasteiger partial charge in [0.25, 0.3) is 17.5 Å². The van der Waals surface area contributed by atoms with Gasteiger partial charge in [0, 0.05) is 38.5 Å². The molecule has 3 rings (SSSR count). The molecule has 1 N–H and O–H groups in total. The summed E-state index contributed by atoms with van der Waals surface area (Å²) in [4.78, 5) is 49.4. The number of carbonyl (C=O) groups excluding carboxylic acids is 3. The Morgan fingerprint density at radius 3 is 2.55 bits per heavy atom. The van der Waals surface area contributed by atoms with Gasteiger partial charge in [-0.15, -0.1) is 0 Å². The second-order valence-electron chi connectivity index (χ2n) is 7.59. The molecule has 1 fully saturated rings. The molecule has 0 bridgehead atoms. The molecule has 2 aromatic rings. The van der Waals surface area contributed by atoms with Crippen LogP contribution < -0.4 is 10.2 Å². The highest BCUT2D eigenvalue weighted by Gasteiger charge is 2.25. The molecular weight excluding hydrogens is 404 g/mol. The summed E-state index contributed by atoms with van der Waals surface area (Å²) in [5, 5.41) is 13.3. The molecule has 164 valence electrons. The van der Waals surface area contributed by atoms with Crippen LogP contribution >= 0.6 is 0 Å². The number of aryl methyl sites for hydroxylation is 1. The van der Waals surface area contributed by atoms with Gasteiger partial charge in [0.05, 0.1) is 16.2 Å². The van der Waals surface area contributed by atoms with Gasteiger partial charge < -0.3 is 14.2 Å². The lowest BCUT2D eigenvalue weighted by Gasteiger charge is -2.33. The minimum absolute atomic E-state index is 0.0188. The monoisotopic (exact) mass is 428 g/mol. The fraction of sp³-hybridized carbons (Fsp3) is 0.381. The third-order valence-corrected chi connectivity index (χ3v) is 5.30. The number of nitrogens with one attached hydrogen (secondary N) is 1. The van der Waals surface area contributed by atoms with Crippen molar-refractivity contribution in [3.63, 3.8) is 0 Å². The number of nitro groups is 1. The number of amides is 2. The predicted molar refractivity (Wildman–Crippen MR) is 112 cm³/mol. The lowest BCUT2D eigenvalue weighted by Crippen LogP contribution is -2.36. The van der Waals surface area contributed by atoms with Crippen molar-refractivity contribution in [3.8, 4) is 0 Å². The van der Waals surface area contributed by atoms with Gasteiger partial charge in [0.2, 0.25) is 0 Å². The quantitative estimate of drug-likeness (QED) is 0.425. The second-order valence-corrected chi connectivity index (χ2v) is 7.59. The van der Waals surface area contributed by atoms with Gasteiger partial charge >= 0.3 is 5.97 Å². The Morgan fingerprint density at radius 2 is 1.94 bits per heavy atom. The average Bonchev–Trinajstić information content (AvgIpc) is 3.18. The number of hydrogen-bond acceptors (Lipinski definition) is 7. The maximum absolute atomic E-state index is 12.7. The Hall–Kier alpha value is -3.69. The number of hydrogen-bond donors (Lipinski definition) is 1. The highest BCUT2D eigenvalue weighted by atomic mass is 16.6. The zero-order valence-electron chi connectivity index (χ0n) is 17.4. The highest BCUT2D eigenvalue weighted by molar-refractivity contribution is 6.05. The van der Waals surface area contributed by atoms with Gasteiger partial charge in [0.1, 0.15) is 5.69 Å². The smallest absolute Gasteiger partial charge is 0.341 e. The van der Waals surface area contributed by atoms with E-state index in [9.17, 15) is 24.5 Å². The number of ether oxygens (including phenoxy) is 1. The summed E-state index contributed by atoms with van der Waals surface area (Å²) in [7, 11) is 1.66. The van der Waals surface area contributed by atoms with Gasteiger partial charge in [-0.2, -0.15) is 0 Å². The molecule has 1 aromatic carbocycles. The summed E-state index contributed by atoms with van der Waals surface area (Å²) >= 11 is 0. The fourth-order valence-electron chi connectivity index (χ4n) is 3.46. The highest BCUT2D eigenvalue weighted by Crippen LogP contribution is 2.29. The van der Waals surface area contributed by atoms with Crippen molar-refractivity contribution in [2.45, 2.75) is 19.8 Å². The van der Waals surface area contributed by atoms with Crippen LogP contribution in [0.2, 0.25) is 0 Å². The average molecular weight is 428 g/mol. The van der Waals surface area contributed by atoms with Crippen molar-refractivity contribution < 1.29 is 24.0 Å². The molecule has 0 saturated carbocycles. The van der Waals surface area contributed by atoms with Crippen LogP contribution in [-0.4, -0.2) is 47.0 Å². The first-order valence-corrected chi connectivity index (χ1v) is 9.92. The summed E-state index contributed by atoms with van der Waals surface area (Å²) in [6.07, 6.45) is 3.54. The van der Waals surface area contributed by atoms with E-state index in [0.29, 0.717) is 24.7 Å². The molecule has 2 amide bonds. The first-order chi connectivity index (χ1) is 14.8. The first kappa shape index (κ1) is 22.0. The van der Waals surface area contributed by atoms with E-state index in [1.165, 1.54) is 12.1 Å². The maximum atomic E-state index is 12.7. The van der Waals surface area contributed by atoms with E-state index in [4.69, 9.17) is 4.74 Å². The molecule has 31 heavy (non-hydrogen) atoms. The number of non-ortho nitro benzene ring substituents is 1. The van der Waals surface area contributed by atoms with Gasteiger partial charge in [0.15, 0.2) is 6.61 Å². The molecule has 0 radical (unpaired) electrons. The third-order valence-electron chi connectivity index (χ3n) is 5.30. The molecule has 0 atom stereocenters. The number of nitrogens with zero attached hydrogens (tertiary/aromatic N) is 3. The minimum atomic E-state index is -0.862. The van der Waals surface area contributed by atoms with Crippen molar-refractivity contribution in [2.75, 3.05) is 24.6 Å². The van der Waals surface area contributed by atoms with E-state index in [1.54, 1.807) is 29.9 Å². The van der Waals surface area contributed by atoms with Crippen LogP contribution in [-0.2, 0) is 16.6 Å². The topological polar surface area (TPSA) is 124 Å². The Bertz CT molecular complexity index is 1010. The van der Waals surface area contributed by atoms with Crippen LogP contribution in [0, 0.1) is 16.0 Å². The number of piperidine rings is 1. The van der Waals surface area contributed by atoms with Crippen molar-refractivity contribution >= 4 is 29.2 Å². The summed E-state index contributed by atoms with van der Waals surface area (Å²) in [5.41, 5.74) is 0.581. The van der Waals surface area contributed by atoms with Crippen LogP contribution in [0.15, 0.2) is 36.5 Å². The molecule has 1 saturated heterocycles. The molecule has 0 aliphatic carbocycles. The molecule has 1 aliphatic heterocycles. The number of rotatable bonds is 6. The van der Waals surface area contributed by atoms with Gasteiger partial charge in [-0.25, -0.2) is 4.79 Å². The normalized spacial score (nSPS) is 14.2. The van der Waals surface area contributed by atoms with E-state index in [-0.39, 0.29) is 16.9 Å². The van der Waals surface area contributed by atoms with Gasteiger partial charge in [-0.05, 0) is 37.0 Å². The van der Waals surface area contributed by atoms with E-state index < -0.39 is 29.3 Å². The predicted octanol–water partition coefficient (Wildman–Crippen LogP) is 2.28. The van der Waals surface area contributed by atoms with E-state index >= 15 is 0 Å². The molecule has 0 spiro atoms. The zero-order chi connectivity index (χ0) is 22.5. The number of anilines is 1. The molecule has 1 aromatic heterocycles. The molecular formula is C21H24N4O6. The minimum Gasteiger partial charge on any atom is -0.452 e. The largest absolute Gasteiger partial charge is 0.452 e. The molecule has 10 nitrogen and oxygen atoms in total. The van der Waals surface area contributed by atoms with Crippen LogP contribution in [0.3, 0.4) is 0 Å². The lowest BCUT2D eigenvalue weighted by atomic mass is 9.98. The number of carbonyl (C=O) groups is 3. The fourth-order valence-corrected chi connectivity index (χ4v) is 3.46. The Balaban J connectivity index is 1.70. The summed E-state index contributed by atoms with van der Waals surface area (Å²) in [6, 6.07) is 7.23.